The lowest BCUT2D eigenvalue weighted by Gasteiger charge is -2.28. The highest BCUT2D eigenvalue weighted by molar-refractivity contribution is 5.82. The van der Waals surface area contributed by atoms with Gasteiger partial charge in [0, 0.05) is 25.6 Å². The molecule has 0 radical (unpaired) electrons. The highest BCUT2D eigenvalue weighted by atomic mass is 16.5. The molecule has 0 aromatic rings. The van der Waals surface area contributed by atoms with Crippen LogP contribution in [0.5, 0.6) is 0 Å². The molecular formula is C11H23N3O. The van der Waals surface area contributed by atoms with Gasteiger partial charge in [-0.2, -0.15) is 0 Å². The Morgan fingerprint density at radius 2 is 1.93 bits per heavy atom. The van der Waals surface area contributed by atoms with Gasteiger partial charge in [-0.1, -0.05) is 13.8 Å². The van der Waals surface area contributed by atoms with Crippen LogP contribution < -0.4 is 5.73 Å². The van der Waals surface area contributed by atoms with Crippen molar-refractivity contribution in [3.63, 3.8) is 0 Å². The zero-order chi connectivity index (χ0) is 11.3. The predicted octanol–water partition coefficient (Wildman–Crippen LogP) is 0.720. The van der Waals surface area contributed by atoms with Crippen molar-refractivity contribution < 1.29 is 4.74 Å². The lowest BCUT2D eigenvalue weighted by atomic mass is 10.2. The summed E-state index contributed by atoms with van der Waals surface area (Å²) in [5, 5.41) is 0. The van der Waals surface area contributed by atoms with E-state index in [0.29, 0.717) is 5.92 Å². The number of nitrogens with zero attached hydrogens (tertiary/aromatic N) is 2. The van der Waals surface area contributed by atoms with E-state index in [9.17, 15) is 0 Å². The zero-order valence-electron chi connectivity index (χ0n) is 10.1. The van der Waals surface area contributed by atoms with Gasteiger partial charge in [-0.05, 0) is 6.92 Å². The van der Waals surface area contributed by atoms with Crippen molar-refractivity contribution in [2.75, 3.05) is 32.8 Å². The third kappa shape index (κ3) is 4.62. The number of aliphatic imine (C=N–C) groups is 1. The molecule has 0 bridgehead atoms. The first-order valence-electron chi connectivity index (χ1n) is 5.73. The average molecular weight is 213 g/mol. The second kappa shape index (κ2) is 6.08. The van der Waals surface area contributed by atoms with Gasteiger partial charge in [-0.15, -0.1) is 0 Å². The molecule has 0 aliphatic carbocycles. The summed E-state index contributed by atoms with van der Waals surface area (Å²) in [6, 6.07) is 0.283. The highest BCUT2D eigenvalue weighted by Crippen LogP contribution is 2.02. The molecule has 1 saturated heterocycles. The second-order valence-corrected chi connectivity index (χ2v) is 4.47. The summed E-state index contributed by atoms with van der Waals surface area (Å²) in [5.74, 6) is 1.10. The van der Waals surface area contributed by atoms with Crippen molar-refractivity contribution in [1.82, 2.24) is 4.90 Å². The molecule has 2 N–H and O–H groups in total. The lowest BCUT2D eigenvalue weighted by Crippen LogP contribution is -2.40. The first-order chi connectivity index (χ1) is 7.09. The number of nitrogens with two attached hydrogens (primary N) is 1. The van der Waals surface area contributed by atoms with Crippen LogP contribution in [-0.2, 0) is 4.74 Å². The third-order valence-corrected chi connectivity index (χ3v) is 2.59. The molecule has 1 heterocycles. The number of morpholine rings is 1. The summed E-state index contributed by atoms with van der Waals surface area (Å²) in [4.78, 5) is 6.86. The molecule has 0 spiro atoms. The van der Waals surface area contributed by atoms with Crippen molar-refractivity contribution in [2.45, 2.75) is 26.8 Å². The Morgan fingerprint density at radius 3 is 2.47 bits per heavy atom. The van der Waals surface area contributed by atoms with Gasteiger partial charge >= 0.3 is 0 Å². The van der Waals surface area contributed by atoms with Crippen LogP contribution in [0.1, 0.15) is 20.8 Å². The van der Waals surface area contributed by atoms with Crippen molar-refractivity contribution in [2.24, 2.45) is 16.6 Å². The molecule has 0 aromatic carbocycles. The fourth-order valence-corrected chi connectivity index (χ4v) is 1.60. The van der Waals surface area contributed by atoms with Crippen LogP contribution in [0.3, 0.4) is 0 Å². The van der Waals surface area contributed by atoms with Gasteiger partial charge in [-0.25, -0.2) is 0 Å². The molecule has 4 nitrogen and oxygen atoms in total. The number of rotatable bonds is 4. The molecule has 0 saturated carbocycles. The van der Waals surface area contributed by atoms with Gasteiger partial charge in [0.2, 0.25) is 0 Å². The Morgan fingerprint density at radius 1 is 1.33 bits per heavy atom. The average Bonchev–Trinajstić information content (AvgIpc) is 2.18. The molecule has 0 amide bonds. The molecular weight excluding hydrogens is 190 g/mol. The SMILES string of the molecule is CC(CN1CCOCC1)N=C(N)C(C)C. The van der Waals surface area contributed by atoms with Crippen LogP contribution in [0, 0.1) is 5.92 Å². The molecule has 88 valence electrons. The minimum Gasteiger partial charge on any atom is -0.387 e. The van der Waals surface area contributed by atoms with Crippen molar-refractivity contribution >= 4 is 5.84 Å². The van der Waals surface area contributed by atoms with Crippen LogP contribution in [0.2, 0.25) is 0 Å². The van der Waals surface area contributed by atoms with E-state index in [4.69, 9.17) is 10.5 Å². The second-order valence-electron chi connectivity index (χ2n) is 4.47. The van der Waals surface area contributed by atoms with Gasteiger partial charge in [0.05, 0.1) is 25.1 Å². The number of hydrogen-bond donors (Lipinski definition) is 1. The molecule has 1 aliphatic rings. The largest absolute Gasteiger partial charge is 0.387 e. The van der Waals surface area contributed by atoms with Gasteiger partial charge in [0.15, 0.2) is 0 Å². The minimum absolute atomic E-state index is 0.283. The normalized spacial score (nSPS) is 22.0. The van der Waals surface area contributed by atoms with E-state index in [2.05, 4.69) is 30.7 Å². The Bertz CT molecular complexity index is 210. The van der Waals surface area contributed by atoms with E-state index < -0.39 is 0 Å². The Balaban J connectivity index is 2.34. The predicted molar refractivity (Wildman–Crippen MR) is 63.2 cm³/mol. The Kier molecular flexibility index (Phi) is 5.05. The maximum Gasteiger partial charge on any atom is 0.0966 e. The Hall–Kier alpha value is -0.610. The van der Waals surface area contributed by atoms with Crippen molar-refractivity contribution in [3.05, 3.63) is 0 Å². The summed E-state index contributed by atoms with van der Waals surface area (Å²) < 4.78 is 5.30. The molecule has 0 aromatic heterocycles. The first-order valence-corrected chi connectivity index (χ1v) is 5.73. The summed E-state index contributed by atoms with van der Waals surface area (Å²) in [5.41, 5.74) is 5.83. The van der Waals surface area contributed by atoms with Gasteiger partial charge in [-0.3, -0.25) is 9.89 Å². The molecule has 4 heteroatoms. The Labute approximate surface area is 92.5 Å². The monoisotopic (exact) mass is 213 g/mol. The van der Waals surface area contributed by atoms with Crippen LogP contribution >= 0.6 is 0 Å². The summed E-state index contributed by atoms with van der Waals surface area (Å²) in [6.07, 6.45) is 0. The van der Waals surface area contributed by atoms with Crippen molar-refractivity contribution in [3.8, 4) is 0 Å². The molecule has 15 heavy (non-hydrogen) atoms. The molecule has 1 aliphatic heterocycles. The van der Waals surface area contributed by atoms with E-state index in [0.717, 1.165) is 38.7 Å². The van der Waals surface area contributed by atoms with Gasteiger partial charge in [0.1, 0.15) is 0 Å². The van der Waals surface area contributed by atoms with Crippen LogP contribution in [-0.4, -0.2) is 49.6 Å². The number of hydrogen-bond acceptors (Lipinski definition) is 3. The maximum absolute atomic E-state index is 5.83. The fourth-order valence-electron chi connectivity index (χ4n) is 1.60. The van der Waals surface area contributed by atoms with Crippen molar-refractivity contribution in [1.29, 1.82) is 0 Å². The van der Waals surface area contributed by atoms with Crippen LogP contribution in [0.25, 0.3) is 0 Å². The van der Waals surface area contributed by atoms with Gasteiger partial charge < -0.3 is 10.5 Å². The standard InChI is InChI=1S/C11H23N3O/c1-9(2)11(12)13-10(3)8-14-4-6-15-7-5-14/h9-10H,4-8H2,1-3H3,(H2,12,13). The van der Waals surface area contributed by atoms with E-state index in [-0.39, 0.29) is 6.04 Å². The molecule has 1 atom stereocenters. The third-order valence-electron chi connectivity index (χ3n) is 2.59. The molecule has 1 fully saturated rings. The van der Waals surface area contributed by atoms with E-state index in [1.807, 2.05) is 0 Å². The fraction of sp³-hybridized carbons (Fsp3) is 0.909. The van der Waals surface area contributed by atoms with Crippen LogP contribution in [0.4, 0.5) is 0 Å². The van der Waals surface area contributed by atoms with Gasteiger partial charge in [0.25, 0.3) is 0 Å². The summed E-state index contributed by atoms with van der Waals surface area (Å²) in [7, 11) is 0. The quantitative estimate of drug-likeness (QED) is 0.553. The topological polar surface area (TPSA) is 50.8 Å². The zero-order valence-corrected chi connectivity index (χ0v) is 10.1. The maximum atomic E-state index is 5.83. The van der Waals surface area contributed by atoms with E-state index in [1.54, 1.807) is 0 Å². The highest BCUT2D eigenvalue weighted by Gasteiger charge is 2.13. The molecule has 1 unspecified atom stereocenters. The van der Waals surface area contributed by atoms with E-state index in [1.165, 1.54) is 0 Å². The summed E-state index contributed by atoms with van der Waals surface area (Å²) in [6.45, 7) is 11.0. The minimum atomic E-state index is 0.283. The van der Waals surface area contributed by atoms with Crippen LogP contribution in [0.15, 0.2) is 4.99 Å². The number of ether oxygens (including phenoxy) is 1. The first kappa shape index (κ1) is 12.5. The lowest BCUT2D eigenvalue weighted by molar-refractivity contribution is 0.0361. The smallest absolute Gasteiger partial charge is 0.0966 e. The molecule has 1 rings (SSSR count). The van der Waals surface area contributed by atoms with E-state index >= 15 is 0 Å². The summed E-state index contributed by atoms with van der Waals surface area (Å²) >= 11 is 0. The number of amidine groups is 1.